The monoisotopic (exact) mass is 392 g/mol. The summed E-state index contributed by atoms with van der Waals surface area (Å²) >= 11 is 5.48. The molecule has 5 heteroatoms. The molecular formula is C18H17BrO3S. The highest BCUT2D eigenvalue weighted by Crippen LogP contribution is 2.57. The molecule has 0 aliphatic carbocycles. The summed E-state index contributed by atoms with van der Waals surface area (Å²) in [5.41, 5.74) is 4.31. The van der Waals surface area contributed by atoms with Gasteiger partial charge in [0.25, 0.3) is 0 Å². The van der Waals surface area contributed by atoms with Gasteiger partial charge in [0.05, 0.1) is 5.56 Å². The molecule has 2 aromatic rings. The summed E-state index contributed by atoms with van der Waals surface area (Å²) in [7, 11) is 0. The van der Waals surface area contributed by atoms with Crippen LogP contribution >= 0.6 is 27.7 Å². The second kappa shape index (κ2) is 5.15. The maximum absolute atomic E-state index is 12.6. The summed E-state index contributed by atoms with van der Waals surface area (Å²) in [6, 6.07) is 5.84. The first-order chi connectivity index (χ1) is 10.9. The first-order valence-corrected chi connectivity index (χ1v) is 9.39. The Morgan fingerprint density at radius 1 is 1.30 bits per heavy atom. The second-order valence-corrected chi connectivity index (χ2v) is 8.73. The molecule has 0 saturated heterocycles. The van der Waals surface area contributed by atoms with Crippen LogP contribution in [0.5, 0.6) is 5.75 Å². The first kappa shape index (κ1) is 15.3. The maximum Gasteiger partial charge on any atom is 0.191 e. The molecule has 3 nitrogen and oxygen atoms in total. The summed E-state index contributed by atoms with van der Waals surface area (Å²) in [4.78, 5) is 12.6. The topological polar surface area (TPSA) is 39.4 Å². The van der Waals surface area contributed by atoms with Crippen LogP contribution in [0.15, 0.2) is 32.5 Å². The number of alkyl halides is 1. The van der Waals surface area contributed by atoms with Gasteiger partial charge in [-0.3, -0.25) is 4.79 Å². The molecule has 0 N–H and O–H groups in total. The lowest BCUT2D eigenvalue weighted by atomic mass is 9.79. The van der Waals surface area contributed by atoms with E-state index in [4.69, 9.17) is 9.15 Å². The predicted molar refractivity (Wildman–Crippen MR) is 95.2 cm³/mol. The second-order valence-electron chi connectivity index (χ2n) is 6.32. The number of aryl methyl sites for hydroxylation is 2. The Hall–Kier alpha value is -1.20. The van der Waals surface area contributed by atoms with Crippen molar-refractivity contribution in [3.63, 3.8) is 0 Å². The van der Waals surface area contributed by atoms with E-state index < -0.39 is 4.32 Å². The van der Waals surface area contributed by atoms with Gasteiger partial charge >= 0.3 is 0 Å². The van der Waals surface area contributed by atoms with Gasteiger partial charge < -0.3 is 9.15 Å². The number of benzene rings is 1. The number of halogens is 1. The number of fused-ring (bicyclic) bond motifs is 5. The smallest absolute Gasteiger partial charge is 0.191 e. The Kier molecular flexibility index (Phi) is 3.43. The Morgan fingerprint density at radius 2 is 2.09 bits per heavy atom. The zero-order chi connectivity index (χ0) is 16.4. The molecule has 120 valence electrons. The zero-order valence-corrected chi connectivity index (χ0v) is 15.6. The van der Waals surface area contributed by atoms with Crippen molar-refractivity contribution < 1.29 is 9.15 Å². The van der Waals surface area contributed by atoms with Crippen molar-refractivity contribution in [1.29, 1.82) is 0 Å². The summed E-state index contributed by atoms with van der Waals surface area (Å²) in [6.07, 6.45) is 0. The summed E-state index contributed by atoms with van der Waals surface area (Å²) in [5.74, 6) is 2.68. The molecule has 2 atom stereocenters. The van der Waals surface area contributed by atoms with Crippen LogP contribution in [0.25, 0.3) is 0 Å². The van der Waals surface area contributed by atoms with Crippen LogP contribution in [0, 0.1) is 20.8 Å². The minimum atomic E-state index is -0.517. The Bertz CT molecular complexity index is 873. The van der Waals surface area contributed by atoms with Gasteiger partial charge in [0, 0.05) is 23.3 Å². The van der Waals surface area contributed by atoms with E-state index in [2.05, 4.69) is 41.9 Å². The van der Waals surface area contributed by atoms with Crippen molar-refractivity contribution in [1.82, 2.24) is 0 Å². The molecule has 0 unspecified atom stereocenters. The van der Waals surface area contributed by atoms with Gasteiger partial charge in [-0.05, 0) is 31.9 Å². The van der Waals surface area contributed by atoms with E-state index in [9.17, 15) is 4.79 Å². The van der Waals surface area contributed by atoms with Crippen LogP contribution in [0.2, 0.25) is 0 Å². The van der Waals surface area contributed by atoms with Gasteiger partial charge in [-0.2, -0.15) is 0 Å². The predicted octanol–water partition coefficient (Wildman–Crippen LogP) is 4.44. The average molecular weight is 393 g/mol. The molecule has 2 aliphatic rings. The van der Waals surface area contributed by atoms with E-state index in [0.717, 1.165) is 16.6 Å². The lowest BCUT2D eigenvalue weighted by Gasteiger charge is -2.43. The first-order valence-electron chi connectivity index (χ1n) is 7.61. The van der Waals surface area contributed by atoms with Crippen molar-refractivity contribution >= 4 is 27.7 Å². The van der Waals surface area contributed by atoms with Gasteiger partial charge in [0.2, 0.25) is 0 Å². The lowest BCUT2D eigenvalue weighted by Crippen LogP contribution is -2.44. The summed E-state index contributed by atoms with van der Waals surface area (Å²) in [6.45, 7) is 6.44. The molecule has 23 heavy (non-hydrogen) atoms. The van der Waals surface area contributed by atoms with Crippen LogP contribution in [0.1, 0.15) is 33.9 Å². The highest BCUT2D eigenvalue weighted by molar-refractivity contribution is 9.09. The van der Waals surface area contributed by atoms with E-state index in [1.807, 2.05) is 6.92 Å². The highest BCUT2D eigenvalue weighted by Gasteiger charge is 2.50. The fourth-order valence-corrected chi connectivity index (χ4v) is 6.13. The van der Waals surface area contributed by atoms with Gasteiger partial charge in [-0.25, -0.2) is 0 Å². The van der Waals surface area contributed by atoms with Crippen LogP contribution in [-0.2, 0) is 4.32 Å². The molecule has 0 bridgehead atoms. The average Bonchev–Trinajstić information content (AvgIpc) is 2.49. The summed E-state index contributed by atoms with van der Waals surface area (Å²) in [5, 5.41) is 0.721. The summed E-state index contributed by atoms with van der Waals surface area (Å²) < 4.78 is 11.4. The largest absolute Gasteiger partial charge is 0.491 e. The third-order valence-corrected chi connectivity index (χ3v) is 7.12. The molecule has 0 spiro atoms. The molecule has 4 rings (SSSR count). The van der Waals surface area contributed by atoms with Crippen molar-refractivity contribution in [3.05, 3.63) is 56.4 Å². The van der Waals surface area contributed by atoms with Gasteiger partial charge in [-0.15, -0.1) is 0 Å². The Balaban J connectivity index is 1.93. The van der Waals surface area contributed by atoms with Crippen molar-refractivity contribution in [2.45, 2.75) is 36.1 Å². The molecule has 1 aromatic carbocycles. The zero-order valence-electron chi connectivity index (χ0n) is 13.2. The standard InChI is InChI=1S/C18H17BrO3S/c1-9-4-5-12-13-7-23-17-15(14(20)6-10(2)22-17)18(13,19)8-21-16(12)11(9)3/h4-6,13H,7-8H2,1-3H3/t13-,18-/m0/s1. The minimum absolute atomic E-state index is 0.0220. The fraction of sp³-hybridized carbons (Fsp3) is 0.389. The fourth-order valence-electron chi connectivity index (χ4n) is 3.49. The van der Waals surface area contributed by atoms with Crippen molar-refractivity contribution in [2.75, 3.05) is 12.4 Å². The van der Waals surface area contributed by atoms with E-state index >= 15 is 0 Å². The van der Waals surface area contributed by atoms with Gasteiger partial charge in [0.15, 0.2) is 10.5 Å². The maximum atomic E-state index is 12.6. The third kappa shape index (κ3) is 2.13. The molecule has 2 aliphatic heterocycles. The third-order valence-electron chi connectivity index (χ3n) is 4.90. The molecular weight excluding hydrogens is 376 g/mol. The number of hydrogen-bond acceptors (Lipinski definition) is 4. The number of thioether (sulfide) groups is 1. The Morgan fingerprint density at radius 3 is 2.87 bits per heavy atom. The normalized spacial score (nSPS) is 25.1. The lowest BCUT2D eigenvalue weighted by molar-refractivity contribution is 0.216. The van der Waals surface area contributed by atoms with E-state index in [-0.39, 0.29) is 11.3 Å². The van der Waals surface area contributed by atoms with Crippen LogP contribution < -0.4 is 10.2 Å². The molecule has 3 heterocycles. The number of ether oxygens (including phenoxy) is 1. The molecule has 1 aromatic heterocycles. The number of hydrogen-bond donors (Lipinski definition) is 0. The highest BCUT2D eigenvalue weighted by atomic mass is 79.9. The number of rotatable bonds is 0. The minimum Gasteiger partial charge on any atom is -0.491 e. The molecule has 0 amide bonds. The van der Waals surface area contributed by atoms with E-state index in [0.29, 0.717) is 17.9 Å². The molecule has 0 saturated carbocycles. The molecule has 0 radical (unpaired) electrons. The van der Waals surface area contributed by atoms with Crippen molar-refractivity contribution in [2.24, 2.45) is 0 Å². The SMILES string of the molecule is Cc1cc(=O)c2c(o1)SC[C@H]1c3ccc(C)c(C)c3OC[C@@]21Br. The quantitative estimate of drug-likeness (QED) is 0.621. The Labute approximate surface area is 147 Å². The van der Waals surface area contributed by atoms with E-state index in [1.165, 1.54) is 16.7 Å². The molecule has 0 fully saturated rings. The van der Waals surface area contributed by atoms with E-state index in [1.54, 1.807) is 17.8 Å². The van der Waals surface area contributed by atoms with Crippen LogP contribution in [0.3, 0.4) is 0 Å². The van der Waals surface area contributed by atoms with Crippen molar-refractivity contribution in [3.8, 4) is 5.75 Å². The van der Waals surface area contributed by atoms with Gasteiger partial charge in [0.1, 0.15) is 22.4 Å². The van der Waals surface area contributed by atoms with Gasteiger partial charge in [-0.1, -0.05) is 39.8 Å². The van der Waals surface area contributed by atoms with Crippen LogP contribution in [0.4, 0.5) is 0 Å². The van der Waals surface area contributed by atoms with Crippen LogP contribution in [-0.4, -0.2) is 12.4 Å².